The number of benzene rings is 2. The van der Waals surface area contributed by atoms with Gasteiger partial charge in [-0.2, -0.15) is 4.31 Å². The van der Waals surface area contributed by atoms with E-state index in [1.165, 1.54) is 35.7 Å². The van der Waals surface area contributed by atoms with Crippen molar-refractivity contribution in [3.05, 3.63) is 54.1 Å². The summed E-state index contributed by atoms with van der Waals surface area (Å²) in [5.74, 6) is -0.622. The van der Waals surface area contributed by atoms with E-state index in [1.54, 1.807) is 24.3 Å². The molecule has 0 aromatic heterocycles. The zero-order valence-corrected chi connectivity index (χ0v) is 17.5. The van der Waals surface area contributed by atoms with Crippen LogP contribution in [0.3, 0.4) is 0 Å². The molecule has 160 valence electrons. The van der Waals surface area contributed by atoms with Crippen LogP contribution in [0.5, 0.6) is 5.75 Å². The quantitative estimate of drug-likeness (QED) is 0.675. The summed E-state index contributed by atoms with van der Waals surface area (Å²) in [4.78, 5) is 24.3. The molecule has 2 aromatic rings. The number of hydrogen-bond acceptors (Lipinski definition) is 6. The van der Waals surface area contributed by atoms with Gasteiger partial charge >= 0.3 is 5.97 Å². The fraction of sp³-hybridized carbons (Fsp3) is 0.333. The normalized spacial score (nSPS) is 14.7. The van der Waals surface area contributed by atoms with Crippen LogP contribution < -0.4 is 10.1 Å². The van der Waals surface area contributed by atoms with E-state index >= 15 is 0 Å². The van der Waals surface area contributed by atoms with Gasteiger partial charge in [-0.1, -0.05) is 12.5 Å². The average Bonchev–Trinajstić information content (AvgIpc) is 2.78. The second-order valence-electron chi connectivity index (χ2n) is 6.85. The van der Waals surface area contributed by atoms with Crippen LogP contribution in [0, 0.1) is 0 Å². The van der Waals surface area contributed by atoms with Gasteiger partial charge in [0.15, 0.2) is 6.61 Å². The molecule has 30 heavy (non-hydrogen) atoms. The maximum absolute atomic E-state index is 12.7. The number of hydrogen-bond donors (Lipinski definition) is 1. The SMILES string of the molecule is COc1cccc(NC(=O)COC(=O)c2ccc(S(=O)(=O)N3CCCCC3)cc2)c1. The van der Waals surface area contributed by atoms with Gasteiger partial charge in [-0.15, -0.1) is 0 Å². The molecule has 2 aromatic carbocycles. The van der Waals surface area contributed by atoms with Crippen molar-refractivity contribution in [1.82, 2.24) is 4.31 Å². The number of ether oxygens (including phenoxy) is 2. The maximum Gasteiger partial charge on any atom is 0.338 e. The van der Waals surface area contributed by atoms with Gasteiger partial charge in [-0.25, -0.2) is 13.2 Å². The molecule has 1 aliphatic heterocycles. The molecule has 0 radical (unpaired) electrons. The maximum atomic E-state index is 12.7. The summed E-state index contributed by atoms with van der Waals surface area (Å²) in [6.45, 7) is 0.549. The first kappa shape index (κ1) is 21.8. The molecule has 0 aliphatic carbocycles. The van der Waals surface area contributed by atoms with Crippen molar-refractivity contribution in [1.29, 1.82) is 0 Å². The van der Waals surface area contributed by atoms with Crippen molar-refractivity contribution in [2.45, 2.75) is 24.2 Å². The summed E-state index contributed by atoms with van der Waals surface area (Å²) in [5.41, 5.74) is 0.685. The minimum Gasteiger partial charge on any atom is -0.497 e. The van der Waals surface area contributed by atoms with Crippen LogP contribution in [-0.2, 0) is 19.6 Å². The van der Waals surface area contributed by atoms with Gasteiger partial charge in [0.25, 0.3) is 5.91 Å². The monoisotopic (exact) mass is 432 g/mol. The van der Waals surface area contributed by atoms with Crippen LogP contribution in [-0.4, -0.2) is 51.4 Å². The number of amides is 1. The molecule has 3 rings (SSSR count). The third-order valence-electron chi connectivity index (χ3n) is 4.73. The van der Waals surface area contributed by atoms with Crippen molar-refractivity contribution < 1.29 is 27.5 Å². The number of sulfonamides is 1. The van der Waals surface area contributed by atoms with Crippen LogP contribution in [0.15, 0.2) is 53.4 Å². The second kappa shape index (κ2) is 9.73. The summed E-state index contributed by atoms with van der Waals surface area (Å²) in [6.07, 6.45) is 2.73. The number of methoxy groups -OCH3 is 1. The Kier molecular flexibility index (Phi) is 7.07. The zero-order chi connectivity index (χ0) is 21.6. The smallest absolute Gasteiger partial charge is 0.338 e. The third kappa shape index (κ3) is 5.37. The van der Waals surface area contributed by atoms with E-state index in [4.69, 9.17) is 9.47 Å². The van der Waals surface area contributed by atoms with Crippen LogP contribution in [0.25, 0.3) is 0 Å². The Morgan fingerprint density at radius 2 is 1.73 bits per heavy atom. The lowest BCUT2D eigenvalue weighted by Crippen LogP contribution is -2.35. The lowest BCUT2D eigenvalue weighted by atomic mass is 10.2. The van der Waals surface area contributed by atoms with Crippen molar-refractivity contribution in [2.75, 3.05) is 32.1 Å². The number of piperidine rings is 1. The number of carbonyl (C=O) groups is 2. The molecule has 8 nitrogen and oxygen atoms in total. The lowest BCUT2D eigenvalue weighted by molar-refractivity contribution is -0.119. The fourth-order valence-electron chi connectivity index (χ4n) is 3.13. The molecule has 1 heterocycles. The number of rotatable bonds is 7. The molecule has 0 atom stereocenters. The topological polar surface area (TPSA) is 102 Å². The minimum atomic E-state index is -3.56. The summed E-state index contributed by atoms with van der Waals surface area (Å²) >= 11 is 0. The van der Waals surface area contributed by atoms with E-state index < -0.39 is 28.5 Å². The number of nitrogens with zero attached hydrogens (tertiary/aromatic N) is 1. The first-order valence-electron chi connectivity index (χ1n) is 9.61. The second-order valence-corrected chi connectivity index (χ2v) is 8.78. The molecule has 0 bridgehead atoms. The molecule has 1 aliphatic rings. The van der Waals surface area contributed by atoms with Crippen molar-refractivity contribution in [2.24, 2.45) is 0 Å². The average molecular weight is 432 g/mol. The van der Waals surface area contributed by atoms with Gasteiger partial charge in [-0.3, -0.25) is 4.79 Å². The van der Waals surface area contributed by atoms with Crippen molar-refractivity contribution in [3.8, 4) is 5.75 Å². The van der Waals surface area contributed by atoms with Crippen LogP contribution in [0.1, 0.15) is 29.6 Å². The Balaban J connectivity index is 1.56. The molecule has 0 unspecified atom stereocenters. The van der Waals surface area contributed by atoms with Gasteiger partial charge in [0.05, 0.1) is 17.6 Å². The molecule has 9 heteroatoms. The molecular formula is C21H24N2O6S. The molecule has 0 saturated carbocycles. The first-order chi connectivity index (χ1) is 14.4. The summed E-state index contributed by atoms with van der Waals surface area (Å²) in [6, 6.07) is 12.3. The van der Waals surface area contributed by atoms with Gasteiger partial charge in [0.1, 0.15) is 5.75 Å². The predicted octanol–water partition coefficient (Wildman–Crippen LogP) is 2.67. The number of carbonyl (C=O) groups excluding carboxylic acids is 2. The van der Waals surface area contributed by atoms with E-state index in [0.717, 1.165) is 19.3 Å². The highest BCUT2D eigenvalue weighted by atomic mass is 32.2. The van der Waals surface area contributed by atoms with E-state index in [1.807, 2.05) is 0 Å². The molecule has 1 N–H and O–H groups in total. The molecule has 1 amide bonds. The Bertz CT molecular complexity index is 998. The number of esters is 1. The first-order valence-corrected chi connectivity index (χ1v) is 11.1. The molecule has 1 saturated heterocycles. The number of anilines is 1. The molecule has 0 spiro atoms. The zero-order valence-electron chi connectivity index (χ0n) is 16.7. The Morgan fingerprint density at radius 1 is 1.03 bits per heavy atom. The van der Waals surface area contributed by atoms with Crippen molar-refractivity contribution >= 4 is 27.6 Å². The van der Waals surface area contributed by atoms with Crippen LogP contribution in [0.4, 0.5) is 5.69 Å². The van der Waals surface area contributed by atoms with Gasteiger partial charge in [-0.05, 0) is 49.2 Å². The summed E-state index contributed by atoms with van der Waals surface area (Å²) in [5, 5.41) is 2.61. The summed E-state index contributed by atoms with van der Waals surface area (Å²) < 4.78 is 36.9. The van der Waals surface area contributed by atoms with Gasteiger partial charge in [0.2, 0.25) is 10.0 Å². The van der Waals surface area contributed by atoms with Gasteiger partial charge in [0, 0.05) is 24.8 Å². The van der Waals surface area contributed by atoms with Gasteiger partial charge < -0.3 is 14.8 Å². The standard InChI is InChI=1S/C21H24N2O6S/c1-28-18-7-5-6-17(14-18)22-20(24)15-29-21(25)16-8-10-19(11-9-16)30(26,27)23-12-3-2-4-13-23/h5-11,14H,2-4,12-13,15H2,1H3,(H,22,24). The van der Waals surface area contributed by atoms with E-state index in [-0.39, 0.29) is 10.5 Å². The van der Waals surface area contributed by atoms with Crippen molar-refractivity contribution in [3.63, 3.8) is 0 Å². The highest BCUT2D eigenvalue weighted by Gasteiger charge is 2.26. The van der Waals surface area contributed by atoms with E-state index in [9.17, 15) is 18.0 Å². The molecule has 1 fully saturated rings. The highest BCUT2D eigenvalue weighted by molar-refractivity contribution is 7.89. The molecular weight excluding hydrogens is 408 g/mol. The Hall–Kier alpha value is -2.91. The largest absolute Gasteiger partial charge is 0.497 e. The Morgan fingerprint density at radius 3 is 2.40 bits per heavy atom. The van der Waals surface area contributed by atoms with Crippen LogP contribution in [0.2, 0.25) is 0 Å². The highest BCUT2D eigenvalue weighted by Crippen LogP contribution is 2.21. The van der Waals surface area contributed by atoms with E-state index in [0.29, 0.717) is 24.5 Å². The Labute approximate surface area is 175 Å². The van der Waals surface area contributed by atoms with E-state index in [2.05, 4.69) is 5.32 Å². The minimum absolute atomic E-state index is 0.136. The third-order valence-corrected chi connectivity index (χ3v) is 6.64. The van der Waals surface area contributed by atoms with Crippen LogP contribution >= 0.6 is 0 Å². The predicted molar refractivity (Wildman–Crippen MR) is 111 cm³/mol. The lowest BCUT2D eigenvalue weighted by Gasteiger charge is -2.25. The number of nitrogens with one attached hydrogen (secondary N) is 1. The fourth-order valence-corrected chi connectivity index (χ4v) is 4.65. The summed E-state index contributed by atoms with van der Waals surface area (Å²) in [7, 11) is -2.04.